The largest absolute Gasteiger partial charge is 0.454 e. The van der Waals surface area contributed by atoms with Crippen molar-refractivity contribution in [3.05, 3.63) is 123 Å². The minimum Gasteiger partial charge on any atom is -0.454 e. The van der Waals surface area contributed by atoms with Crippen molar-refractivity contribution >= 4 is 62.5 Å². The van der Waals surface area contributed by atoms with E-state index >= 15 is 0 Å². The molecule has 4 aliphatic heterocycles. The Morgan fingerprint density at radius 3 is 2.51 bits per heavy atom. The lowest BCUT2D eigenvalue weighted by atomic mass is 9.63. The summed E-state index contributed by atoms with van der Waals surface area (Å²) >= 11 is 9.84. The predicted octanol–water partition coefficient (Wildman–Crippen LogP) is 6.69. The van der Waals surface area contributed by atoms with Crippen molar-refractivity contribution < 1.29 is 23.9 Å². The van der Waals surface area contributed by atoms with Crippen LogP contribution in [-0.2, 0) is 10.2 Å². The van der Waals surface area contributed by atoms with Crippen molar-refractivity contribution in [3.63, 3.8) is 0 Å². The van der Waals surface area contributed by atoms with Gasteiger partial charge in [-0.1, -0.05) is 70.0 Å². The van der Waals surface area contributed by atoms with Gasteiger partial charge in [-0.3, -0.25) is 14.4 Å². The Hall–Kier alpha value is -4.40. The molecule has 1 spiro atoms. The van der Waals surface area contributed by atoms with Crippen LogP contribution in [0, 0.1) is 5.92 Å². The molecule has 0 aliphatic carbocycles. The Bertz CT molecular complexity index is 1910. The van der Waals surface area contributed by atoms with E-state index in [1.807, 2.05) is 53.5 Å². The number of hydrogen-bond donors (Lipinski definition) is 1. The Morgan fingerprint density at radius 1 is 0.907 bits per heavy atom. The van der Waals surface area contributed by atoms with Crippen LogP contribution in [-0.4, -0.2) is 36.4 Å². The molecule has 0 aromatic heterocycles. The summed E-state index contributed by atoms with van der Waals surface area (Å²) in [6, 6.07) is 23.2. The molecule has 4 aromatic rings. The van der Waals surface area contributed by atoms with Crippen LogP contribution < -0.4 is 19.7 Å². The molecule has 0 bridgehead atoms. The van der Waals surface area contributed by atoms with E-state index in [0.717, 1.165) is 15.7 Å². The van der Waals surface area contributed by atoms with E-state index in [1.54, 1.807) is 48.5 Å². The van der Waals surface area contributed by atoms with Gasteiger partial charge in [0.2, 0.25) is 12.7 Å². The molecular formula is C34H22BrClN2O5. The molecule has 8 rings (SSSR count). The fraction of sp³-hybridized carbons (Fsp3) is 0.147. The van der Waals surface area contributed by atoms with Crippen molar-refractivity contribution in [2.45, 2.75) is 17.5 Å². The number of halogens is 2. The van der Waals surface area contributed by atoms with Crippen LogP contribution in [0.3, 0.4) is 0 Å². The minimum atomic E-state index is -1.55. The van der Waals surface area contributed by atoms with Gasteiger partial charge in [-0.2, -0.15) is 0 Å². The molecule has 1 amide bonds. The number of nitrogens with one attached hydrogen (secondary N) is 1. The number of Topliss-reactive ketones (excluding diaryl/α,β-unsaturated/α-hetero) is 2. The lowest BCUT2D eigenvalue weighted by Gasteiger charge is -2.37. The summed E-state index contributed by atoms with van der Waals surface area (Å²) in [6.07, 6.45) is 3.83. The quantitative estimate of drug-likeness (QED) is 0.247. The summed E-state index contributed by atoms with van der Waals surface area (Å²) in [5.74, 6) is -0.861. The second-order valence-electron chi connectivity index (χ2n) is 11.0. The molecule has 4 heterocycles. The highest BCUT2D eigenvalue weighted by atomic mass is 79.9. The highest BCUT2D eigenvalue weighted by Gasteiger charge is 2.71. The molecule has 1 fully saturated rings. The van der Waals surface area contributed by atoms with E-state index in [0.29, 0.717) is 38.9 Å². The van der Waals surface area contributed by atoms with Crippen molar-refractivity contribution in [1.82, 2.24) is 0 Å². The Morgan fingerprint density at radius 2 is 1.67 bits per heavy atom. The molecule has 1 N–H and O–H groups in total. The molecule has 9 heteroatoms. The number of carbonyl (C=O) groups excluding carboxylic acids is 3. The van der Waals surface area contributed by atoms with Crippen LogP contribution in [0.25, 0.3) is 6.08 Å². The minimum absolute atomic E-state index is 0.0678. The fourth-order valence-electron chi connectivity index (χ4n) is 7.17. The van der Waals surface area contributed by atoms with Gasteiger partial charge >= 0.3 is 0 Å². The first-order chi connectivity index (χ1) is 20.9. The number of hydrogen-bond acceptors (Lipinski definition) is 6. The second kappa shape index (κ2) is 9.56. The molecule has 212 valence electrons. The van der Waals surface area contributed by atoms with Crippen LogP contribution in [0.15, 0.2) is 95.5 Å². The third-order valence-electron chi connectivity index (χ3n) is 8.92. The maximum absolute atomic E-state index is 14.9. The Labute approximate surface area is 260 Å². The monoisotopic (exact) mass is 652 g/mol. The van der Waals surface area contributed by atoms with E-state index in [1.165, 1.54) is 0 Å². The second-order valence-corrected chi connectivity index (χ2v) is 12.4. The average molecular weight is 654 g/mol. The van der Waals surface area contributed by atoms with E-state index < -0.39 is 23.4 Å². The zero-order valence-corrected chi connectivity index (χ0v) is 24.8. The van der Waals surface area contributed by atoms with Gasteiger partial charge in [0.05, 0.1) is 12.0 Å². The lowest BCUT2D eigenvalue weighted by Crippen LogP contribution is -2.55. The van der Waals surface area contributed by atoms with Crippen LogP contribution in [0.5, 0.6) is 11.5 Å². The first kappa shape index (κ1) is 26.2. The van der Waals surface area contributed by atoms with E-state index in [-0.39, 0.29) is 24.3 Å². The number of ether oxygens (including phenoxy) is 2. The van der Waals surface area contributed by atoms with E-state index in [9.17, 15) is 14.4 Å². The highest BCUT2D eigenvalue weighted by molar-refractivity contribution is 9.10. The maximum Gasteiger partial charge on any atom is 0.238 e. The summed E-state index contributed by atoms with van der Waals surface area (Å²) in [7, 11) is 0. The zero-order chi connectivity index (χ0) is 29.5. The molecule has 4 unspecified atom stereocenters. The SMILES string of the molecule is O=C(c1ccc2c(c1)OCO2)C1C2C=Cc3cc(Cl)ccc3N2C(C(=O)c2ccc(Br)cc2)C12C(=O)Nc1ccccc12. The average Bonchev–Trinajstić information content (AvgIpc) is 3.69. The molecule has 4 atom stereocenters. The number of ketones is 2. The number of carbonyl (C=O) groups is 3. The van der Waals surface area contributed by atoms with Crippen LogP contribution in [0.2, 0.25) is 5.02 Å². The van der Waals surface area contributed by atoms with E-state index in [4.69, 9.17) is 21.1 Å². The molecule has 7 nitrogen and oxygen atoms in total. The first-order valence-electron chi connectivity index (χ1n) is 13.8. The summed E-state index contributed by atoms with van der Waals surface area (Å²) < 4.78 is 11.9. The Balaban J connectivity index is 1.41. The smallest absolute Gasteiger partial charge is 0.238 e. The molecule has 4 aliphatic rings. The van der Waals surface area contributed by atoms with E-state index in [2.05, 4.69) is 21.2 Å². The van der Waals surface area contributed by atoms with Gasteiger partial charge in [-0.15, -0.1) is 0 Å². The molecular weight excluding hydrogens is 632 g/mol. The predicted molar refractivity (Wildman–Crippen MR) is 166 cm³/mol. The summed E-state index contributed by atoms with van der Waals surface area (Å²) in [5, 5.41) is 3.57. The fourth-order valence-corrected chi connectivity index (χ4v) is 7.61. The first-order valence-corrected chi connectivity index (χ1v) is 15.0. The van der Waals surface area contributed by atoms with Crippen LogP contribution >= 0.6 is 27.5 Å². The third kappa shape index (κ3) is 3.69. The number of nitrogens with zero attached hydrogens (tertiary/aromatic N) is 1. The standard InChI is InChI=1S/C34H22BrClN2O5/c35-21-9-5-18(6-10-21)31(40)32-34(23-3-1-2-4-24(23)37-33(34)41)29(30(39)20-8-14-27-28(16-20)43-17-42-27)26-12-7-19-15-22(36)11-13-25(19)38(26)32/h1-16,26,29,32H,17H2,(H,37,41). The molecule has 0 saturated carbocycles. The topological polar surface area (TPSA) is 84.9 Å². The van der Waals surface area contributed by atoms with Crippen molar-refractivity contribution in [2.24, 2.45) is 5.92 Å². The van der Waals surface area contributed by atoms with Gasteiger partial charge < -0.3 is 19.7 Å². The number of benzene rings is 4. The van der Waals surface area contributed by atoms with Crippen molar-refractivity contribution in [1.29, 1.82) is 0 Å². The molecule has 0 radical (unpaired) electrons. The van der Waals surface area contributed by atoms with Gasteiger partial charge in [-0.05, 0) is 65.7 Å². The summed E-state index contributed by atoms with van der Waals surface area (Å²) in [4.78, 5) is 46.2. The van der Waals surface area contributed by atoms with Crippen LogP contribution in [0.4, 0.5) is 11.4 Å². The normalized spacial score (nSPS) is 24.0. The van der Waals surface area contributed by atoms with Crippen LogP contribution in [0.1, 0.15) is 31.8 Å². The summed E-state index contributed by atoms with van der Waals surface area (Å²) in [5.41, 5.74) is 1.99. The van der Waals surface area contributed by atoms with Gasteiger partial charge in [0.15, 0.2) is 23.1 Å². The van der Waals surface area contributed by atoms with Crippen molar-refractivity contribution in [3.8, 4) is 11.5 Å². The lowest BCUT2D eigenvalue weighted by molar-refractivity contribution is -0.121. The number of amides is 1. The number of para-hydroxylation sites is 1. The van der Waals surface area contributed by atoms with Gasteiger partial charge in [0.25, 0.3) is 0 Å². The number of rotatable bonds is 4. The maximum atomic E-state index is 14.9. The molecule has 4 aromatic carbocycles. The molecule has 43 heavy (non-hydrogen) atoms. The molecule has 1 saturated heterocycles. The highest BCUT2D eigenvalue weighted by Crippen LogP contribution is 2.58. The number of fused-ring (bicyclic) bond motifs is 6. The van der Waals surface area contributed by atoms with Crippen molar-refractivity contribution in [2.75, 3.05) is 17.0 Å². The zero-order valence-electron chi connectivity index (χ0n) is 22.4. The van der Waals surface area contributed by atoms with Gasteiger partial charge in [0, 0.05) is 32.0 Å². The Kier molecular flexibility index (Phi) is 5.83. The van der Waals surface area contributed by atoms with Gasteiger partial charge in [-0.25, -0.2) is 0 Å². The number of anilines is 2. The van der Waals surface area contributed by atoms with Gasteiger partial charge in [0.1, 0.15) is 11.5 Å². The summed E-state index contributed by atoms with van der Waals surface area (Å²) in [6.45, 7) is 0.0678. The third-order valence-corrected chi connectivity index (χ3v) is 9.68.